The van der Waals surface area contributed by atoms with Gasteiger partial charge < -0.3 is 10.6 Å². The third-order valence-corrected chi connectivity index (χ3v) is 3.74. The monoisotopic (exact) mass is 318 g/mol. The van der Waals surface area contributed by atoms with Crippen molar-refractivity contribution in [2.75, 3.05) is 11.9 Å². The summed E-state index contributed by atoms with van der Waals surface area (Å²) in [7, 11) is 0. The van der Waals surface area contributed by atoms with E-state index in [2.05, 4.69) is 26.6 Å². The summed E-state index contributed by atoms with van der Waals surface area (Å²) < 4.78 is 26.7. The van der Waals surface area contributed by atoms with Gasteiger partial charge in [0.25, 0.3) is 0 Å². The predicted molar refractivity (Wildman–Crippen MR) is 68.3 cm³/mol. The normalized spacial score (nSPS) is 23.1. The molecule has 18 heavy (non-hydrogen) atoms. The topological polar surface area (TPSA) is 41.1 Å². The Balaban J connectivity index is 2.14. The maximum absolute atomic E-state index is 13.5. The first-order chi connectivity index (χ1) is 8.49. The van der Waals surface area contributed by atoms with E-state index >= 15 is 0 Å². The SMILES string of the molecule is CC1NCCC1C(=O)Nc1cc(Br)c(F)cc1F. The quantitative estimate of drug-likeness (QED) is 0.823. The van der Waals surface area contributed by atoms with E-state index in [0.29, 0.717) is 0 Å². The minimum Gasteiger partial charge on any atom is -0.323 e. The van der Waals surface area contributed by atoms with Gasteiger partial charge in [-0.15, -0.1) is 0 Å². The summed E-state index contributed by atoms with van der Waals surface area (Å²) in [6, 6.07) is 2.04. The number of rotatable bonds is 2. The van der Waals surface area contributed by atoms with Gasteiger partial charge in [0.15, 0.2) is 0 Å². The second kappa shape index (κ2) is 5.32. The van der Waals surface area contributed by atoms with Gasteiger partial charge in [0.2, 0.25) is 5.91 Å². The van der Waals surface area contributed by atoms with Gasteiger partial charge in [0, 0.05) is 12.1 Å². The molecule has 2 N–H and O–H groups in total. The van der Waals surface area contributed by atoms with Gasteiger partial charge in [-0.2, -0.15) is 0 Å². The molecule has 0 aromatic heterocycles. The molecular weight excluding hydrogens is 306 g/mol. The van der Waals surface area contributed by atoms with Gasteiger partial charge in [-0.1, -0.05) is 0 Å². The second-order valence-electron chi connectivity index (χ2n) is 4.37. The molecule has 3 nitrogen and oxygen atoms in total. The van der Waals surface area contributed by atoms with E-state index in [9.17, 15) is 13.6 Å². The van der Waals surface area contributed by atoms with Crippen molar-refractivity contribution in [2.24, 2.45) is 5.92 Å². The molecule has 1 aliphatic rings. The van der Waals surface area contributed by atoms with Crippen LogP contribution in [0.1, 0.15) is 13.3 Å². The van der Waals surface area contributed by atoms with E-state index in [1.807, 2.05) is 6.92 Å². The summed E-state index contributed by atoms with van der Waals surface area (Å²) in [5.74, 6) is -1.90. The summed E-state index contributed by atoms with van der Waals surface area (Å²) in [6.45, 7) is 2.68. The van der Waals surface area contributed by atoms with Crippen molar-refractivity contribution >= 4 is 27.5 Å². The van der Waals surface area contributed by atoms with Crippen molar-refractivity contribution in [3.05, 3.63) is 28.2 Å². The van der Waals surface area contributed by atoms with Crippen LogP contribution in [0.2, 0.25) is 0 Å². The molecule has 0 saturated carbocycles. The summed E-state index contributed by atoms with van der Waals surface area (Å²) in [5.41, 5.74) is -0.00706. The average Bonchev–Trinajstić information content (AvgIpc) is 2.72. The summed E-state index contributed by atoms with van der Waals surface area (Å²) in [6.07, 6.45) is 0.719. The van der Waals surface area contributed by atoms with Crippen LogP contribution in [-0.2, 0) is 4.79 Å². The Kier molecular flexibility index (Phi) is 3.97. The molecule has 1 fully saturated rings. The highest BCUT2D eigenvalue weighted by molar-refractivity contribution is 9.10. The highest BCUT2D eigenvalue weighted by Gasteiger charge is 2.29. The fourth-order valence-corrected chi connectivity index (χ4v) is 2.40. The van der Waals surface area contributed by atoms with Crippen molar-refractivity contribution in [3.63, 3.8) is 0 Å². The number of amides is 1. The number of benzene rings is 1. The molecule has 1 heterocycles. The fourth-order valence-electron chi connectivity index (χ4n) is 2.06. The lowest BCUT2D eigenvalue weighted by Gasteiger charge is -2.15. The third kappa shape index (κ3) is 2.70. The maximum atomic E-state index is 13.5. The molecule has 1 aromatic rings. The lowest BCUT2D eigenvalue weighted by atomic mass is 10.0. The highest BCUT2D eigenvalue weighted by atomic mass is 79.9. The molecule has 2 atom stereocenters. The van der Waals surface area contributed by atoms with E-state index in [1.165, 1.54) is 6.07 Å². The van der Waals surface area contributed by atoms with Crippen LogP contribution in [0.4, 0.5) is 14.5 Å². The molecule has 0 radical (unpaired) electrons. The van der Waals surface area contributed by atoms with Crippen molar-refractivity contribution in [1.29, 1.82) is 0 Å². The highest BCUT2D eigenvalue weighted by Crippen LogP contribution is 2.25. The molecule has 0 aliphatic carbocycles. The van der Waals surface area contributed by atoms with Crippen LogP contribution < -0.4 is 10.6 Å². The van der Waals surface area contributed by atoms with Crippen LogP contribution in [0.5, 0.6) is 0 Å². The van der Waals surface area contributed by atoms with E-state index in [1.54, 1.807) is 0 Å². The fraction of sp³-hybridized carbons (Fsp3) is 0.417. The van der Waals surface area contributed by atoms with Gasteiger partial charge in [-0.3, -0.25) is 4.79 Å². The lowest BCUT2D eigenvalue weighted by Crippen LogP contribution is -2.32. The van der Waals surface area contributed by atoms with Gasteiger partial charge >= 0.3 is 0 Å². The number of hydrogen-bond donors (Lipinski definition) is 2. The van der Waals surface area contributed by atoms with Crippen LogP contribution in [-0.4, -0.2) is 18.5 Å². The Morgan fingerprint density at radius 1 is 1.44 bits per heavy atom. The van der Waals surface area contributed by atoms with Crippen LogP contribution in [0, 0.1) is 17.6 Å². The first-order valence-corrected chi connectivity index (χ1v) is 6.47. The minimum absolute atomic E-state index is 0.00706. The smallest absolute Gasteiger partial charge is 0.229 e. The molecule has 0 spiro atoms. The number of carbonyl (C=O) groups is 1. The van der Waals surface area contributed by atoms with Gasteiger partial charge in [0.1, 0.15) is 11.6 Å². The summed E-state index contributed by atoms with van der Waals surface area (Å²) in [4.78, 5) is 11.9. The molecular formula is C12H13BrF2N2O. The standard InChI is InChI=1S/C12H13BrF2N2O/c1-6-7(2-3-16-6)12(18)17-11-4-8(13)9(14)5-10(11)15/h4-7,16H,2-3H2,1H3,(H,17,18). The molecule has 1 amide bonds. The third-order valence-electron chi connectivity index (χ3n) is 3.13. The van der Waals surface area contributed by atoms with Crippen molar-refractivity contribution < 1.29 is 13.6 Å². The van der Waals surface area contributed by atoms with Crippen molar-refractivity contribution in [1.82, 2.24) is 5.32 Å². The van der Waals surface area contributed by atoms with Crippen LogP contribution in [0.3, 0.4) is 0 Å². The number of anilines is 1. The molecule has 0 bridgehead atoms. The molecule has 1 saturated heterocycles. The Labute approximate surface area is 112 Å². The zero-order valence-electron chi connectivity index (χ0n) is 9.77. The number of hydrogen-bond acceptors (Lipinski definition) is 2. The van der Waals surface area contributed by atoms with E-state index in [-0.39, 0.29) is 28.0 Å². The van der Waals surface area contributed by atoms with E-state index < -0.39 is 11.6 Å². The first-order valence-electron chi connectivity index (χ1n) is 5.68. The summed E-state index contributed by atoms with van der Waals surface area (Å²) in [5, 5.41) is 5.65. The van der Waals surface area contributed by atoms with Crippen molar-refractivity contribution in [2.45, 2.75) is 19.4 Å². The first kappa shape index (κ1) is 13.4. The van der Waals surface area contributed by atoms with Gasteiger partial charge in [0.05, 0.1) is 16.1 Å². The molecule has 6 heteroatoms. The number of carbonyl (C=O) groups excluding carboxylic acids is 1. The van der Waals surface area contributed by atoms with Crippen LogP contribution >= 0.6 is 15.9 Å². The van der Waals surface area contributed by atoms with Crippen molar-refractivity contribution in [3.8, 4) is 0 Å². The molecule has 98 valence electrons. The van der Waals surface area contributed by atoms with E-state index in [4.69, 9.17) is 0 Å². The average molecular weight is 319 g/mol. The van der Waals surface area contributed by atoms with E-state index in [0.717, 1.165) is 19.0 Å². The molecule has 1 aliphatic heterocycles. The van der Waals surface area contributed by atoms with Crippen LogP contribution in [0.15, 0.2) is 16.6 Å². The Morgan fingerprint density at radius 3 is 2.78 bits per heavy atom. The molecule has 2 rings (SSSR count). The largest absolute Gasteiger partial charge is 0.323 e. The zero-order chi connectivity index (χ0) is 13.3. The molecule has 1 aromatic carbocycles. The Bertz CT molecular complexity index is 481. The minimum atomic E-state index is -0.775. The second-order valence-corrected chi connectivity index (χ2v) is 5.23. The predicted octanol–water partition coefficient (Wildman–Crippen LogP) is 2.66. The van der Waals surface area contributed by atoms with Gasteiger partial charge in [-0.05, 0) is 41.9 Å². The number of nitrogens with one attached hydrogen (secondary N) is 2. The van der Waals surface area contributed by atoms with Crippen LogP contribution in [0.25, 0.3) is 0 Å². The summed E-state index contributed by atoms with van der Waals surface area (Å²) >= 11 is 2.96. The Hall–Kier alpha value is -1.01. The van der Waals surface area contributed by atoms with Gasteiger partial charge in [-0.25, -0.2) is 8.78 Å². The number of halogens is 3. The maximum Gasteiger partial charge on any atom is 0.229 e. The zero-order valence-corrected chi connectivity index (χ0v) is 11.4. The Morgan fingerprint density at radius 2 is 2.17 bits per heavy atom. The lowest BCUT2D eigenvalue weighted by molar-refractivity contribution is -0.120. The molecule has 2 unspecified atom stereocenters.